The number of carbonyl (C=O) groups is 1. The molecule has 1 amide bonds. The molecule has 0 bridgehead atoms. The van der Waals surface area contributed by atoms with Crippen LogP contribution in [0.2, 0.25) is 5.02 Å². The maximum atomic E-state index is 12.3. The third kappa shape index (κ3) is 6.79. The second kappa shape index (κ2) is 9.65. The highest BCUT2D eigenvalue weighted by atomic mass is 35.5. The Labute approximate surface area is 166 Å². The Balaban J connectivity index is 1.76. The predicted molar refractivity (Wildman–Crippen MR) is 110 cm³/mol. The second-order valence-electron chi connectivity index (χ2n) is 7.38. The Hall–Kier alpha value is -2.20. The Morgan fingerprint density at radius 2 is 1.63 bits per heavy atom. The van der Waals surface area contributed by atoms with Gasteiger partial charge in [-0.3, -0.25) is 4.79 Å². The van der Waals surface area contributed by atoms with E-state index in [4.69, 9.17) is 21.1 Å². The molecule has 0 saturated heterocycles. The van der Waals surface area contributed by atoms with Gasteiger partial charge in [0.2, 0.25) is 0 Å². The summed E-state index contributed by atoms with van der Waals surface area (Å²) in [7, 11) is 0. The smallest absolute Gasteiger partial charge is 0.261 e. The Morgan fingerprint density at radius 3 is 2.19 bits per heavy atom. The van der Waals surface area contributed by atoms with Gasteiger partial charge >= 0.3 is 0 Å². The fourth-order valence-electron chi connectivity index (χ4n) is 2.51. The summed E-state index contributed by atoms with van der Waals surface area (Å²) >= 11 is 5.86. The molecule has 4 nitrogen and oxygen atoms in total. The first kappa shape index (κ1) is 21.1. The minimum absolute atomic E-state index is 0.117. The molecule has 0 aliphatic carbocycles. The summed E-state index contributed by atoms with van der Waals surface area (Å²) in [6.07, 6.45) is 0.0288. The van der Waals surface area contributed by atoms with Crippen LogP contribution in [0, 0.1) is 0 Å². The highest BCUT2D eigenvalue weighted by molar-refractivity contribution is 6.30. The molecule has 1 N–H and O–H groups in total. The van der Waals surface area contributed by atoms with Crippen molar-refractivity contribution in [2.75, 3.05) is 13.2 Å². The Kier molecular flexibility index (Phi) is 7.55. The minimum Gasteiger partial charge on any atom is -0.492 e. The van der Waals surface area contributed by atoms with E-state index >= 15 is 0 Å². The molecule has 0 heterocycles. The average Bonchev–Trinajstić information content (AvgIpc) is 2.64. The molecule has 5 heteroatoms. The molecule has 0 radical (unpaired) electrons. The van der Waals surface area contributed by atoms with Crippen LogP contribution in [0.3, 0.4) is 0 Å². The van der Waals surface area contributed by atoms with Gasteiger partial charge < -0.3 is 14.8 Å². The molecule has 0 unspecified atom stereocenters. The van der Waals surface area contributed by atoms with Crippen molar-refractivity contribution >= 4 is 17.5 Å². The van der Waals surface area contributed by atoms with Crippen molar-refractivity contribution in [2.45, 2.75) is 45.6 Å². The summed E-state index contributed by atoms with van der Waals surface area (Å²) in [6.45, 7) is 9.25. The fourth-order valence-corrected chi connectivity index (χ4v) is 2.63. The maximum absolute atomic E-state index is 12.3. The third-order valence-corrected chi connectivity index (χ3v) is 4.40. The van der Waals surface area contributed by atoms with E-state index in [2.05, 4.69) is 38.2 Å². The molecule has 1 atom stereocenters. The van der Waals surface area contributed by atoms with Crippen LogP contribution in [0.5, 0.6) is 11.5 Å². The molecule has 146 valence electrons. The van der Waals surface area contributed by atoms with Crippen molar-refractivity contribution in [2.24, 2.45) is 0 Å². The molecule has 27 heavy (non-hydrogen) atoms. The SMILES string of the molecule is CC[C@H](Oc1ccc(Cl)cc1)C(=O)NCCOc1ccc(C(C)(C)C)cc1. The van der Waals surface area contributed by atoms with Crippen LogP contribution >= 0.6 is 11.6 Å². The summed E-state index contributed by atoms with van der Waals surface area (Å²) in [5, 5.41) is 3.49. The molecule has 0 saturated carbocycles. The van der Waals surface area contributed by atoms with Crippen LogP contribution in [0.1, 0.15) is 39.7 Å². The topological polar surface area (TPSA) is 47.6 Å². The van der Waals surface area contributed by atoms with Gasteiger partial charge in [0, 0.05) is 5.02 Å². The molecule has 0 aromatic heterocycles. The zero-order valence-electron chi connectivity index (χ0n) is 16.4. The number of halogens is 1. The van der Waals surface area contributed by atoms with E-state index in [0.29, 0.717) is 30.3 Å². The van der Waals surface area contributed by atoms with Gasteiger partial charge in [-0.25, -0.2) is 0 Å². The van der Waals surface area contributed by atoms with E-state index in [-0.39, 0.29) is 11.3 Å². The van der Waals surface area contributed by atoms with E-state index in [1.807, 2.05) is 19.1 Å². The van der Waals surface area contributed by atoms with Crippen molar-refractivity contribution < 1.29 is 14.3 Å². The normalized spacial score (nSPS) is 12.3. The molecular weight excluding hydrogens is 362 g/mol. The highest BCUT2D eigenvalue weighted by Gasteiger charge is 2.18. The van der Waals surface area contributed by atoms with E-state index in [1.165, 1.54) is 5.56 Å². The quantitative estimate of drug-likeness (QED) is 0.647. The Bertz CT molecular complexity index is 721. The van der Waals surface area contributed by atoms with Crippen LogP contribution < -0.4 is 14.8 Å². The zero-order valence-corrected chi connectivity index (χ0v) is 17.2. The highest BCUT2D eigenvalue weighted by Crippen LogP contribution is 2.24. The minimum atomic E-state index is -0.544. The largest absolute Gasteiger partial charge is 0.492 e. The van der Waals surface area contributed by atoms with Crippen molar-refractivity contribution in [1.82, 2.24) is 5.32 Å². The van der Waals surface area contributed by atoms with Gasteiger partial charge in [-0.15, -0.1) is 0 Å². The number of rotatable bonds is 8. The van der Waals surface area contributed by atoms with Crippen molar-refractivity contribution in [1.29, 1.82) is 0 Å². The second-order valence-corrected chi connectivity index (χ2v) is 7.82. The number of benzene rings is 2. The predicted octanol–water partition coefficient (Wildman–Crippen LogP) is 4.99. The van der Waals surface area contributed by atoms with Crippen LogP contribution in [0.15, 0.2) is 48.5 Å². The summed E-state index contributed by atoms with van der Waals surface area (Å²) in [6, 6.07) is 15.0. The Morgan fingerprint density at radius 1 is 1.04 bits per heavy atom. The molecule has 0 spiro atoms. The fraction of sp³-hybridized carbons (Fsp3) is 0.409. The monoisotopic (exact) mass is 389 g/mol. The standard InChI is InChI=1S/C22H28ClNO3/c1-5-20(27-19-12-8-17(23)9-13-19)21(25)24-14-15-26-18-10-6-16(7-11-18)22(2,3)4/h6-13,20H,5,14-15H2,1-4H3,(H,24,25)/t20-/m0/s1. The summed E-state index contributed by atoms with van der Waals surface area (Å²) < 4.78 is 11.4. The molecule has 2 aromatic rings. The lowest BCUT2D eigenvalue weighted by atomic mass is 9.87. The number of carbonyl (C=O) groups excluding carboxylic acids is 1. The van der Waals surface area contributed by atoms with E-state index in [1.54, 1.807) is 24.3 Å². The number of nitrogens with one attached hydrogen (secondary N) is 1. The van der Waals surface area contributed by atoms with Gasteiger partial charge in [-0.2, -0.15) is 0 Å². The van der Waals surface area contributed by atoms with Gasteiger partial charge in [0.15, 0.2) is 6.10 Å². The van der Waals surface area contributed by atoms with Crippen molar-refractivity contribution in [3.8, 4) is 11.5 Å². The van der Waals surface area contributed by atoms with Gasteiger partial charge in [0.25, 0.3) is 5.91 Å². The summed E-state index contributed by atoms with van der Waals surface area (Å²) in [5.74, 6) is 1.26. The zero-order chi connectivity index (χ0) is 19.9. The maximum Gasteiger partial charge on any atom is 0.261 e. The first-order chi connectivity index (χ1) is 12.8. The first-order valence-electron chi connectivity index (χ1n) is 9.23. The molecule has 0 aliphatic rings. The lowest BCUT2D eigenvalue weighted by Crippen LogP contribution is -2.39. The molecular formula is C22H28ClNO3. The lowest BCUT2D eigenvalue weighted by molar-refractivity contribution is -0.128. The van der Waals surface area contributed by atoms with Crippen LogP contribution in [0.4, 0.5) is 0 Å². The van der Waals surface area contributed by atoms with Crippen LogP contribution in [-0.2, 0) is 10.2 Å². The molecule has 0 aliphatic heterocycles. The van der Waals surface area contributed by atoms with Crippen LogP contribution in [-0.4, -0.2) is 25.2 Å². The molecule has 0 fully saturated rings. The van der Waals surface area contributed by atoms with Gasteiger partial charge in [0.1, 0.15) is 18.1 Å². The first-order valence-corrected chi connectivity index (χ1v) is 9.60. The lowest BCUT2D eigenvalue weighted by Gasteiger charge is -2.19. The number of hydrogen-bond acceptors (Lipinski definition) is 3. The van der Waals surface area contributed by atoms with Crippen molar-refractivity contribution in [3.63, 3.8) is 0 Å². The van der Waals surface area contributed by atoms with E-state index < -0.39 is 6.10 Å². The van der Waals surface area contributed by atoms with Gasteiger partial charge in [-0.1, -0.05) is 51.4 Å². The average molecular weight is 390 g/mol. The summed E-state index contributed by atoms with van der Waals surface area (Å²) in [4.78, 5) is 12.3. The van der Waals surface area contributed by atoms with Crippen LogP contribution in [0.25, 0.3) is 0 Å². The number of ether oxygens (including phenoxy) is 2. The third-order valence-electron chi connectivity index (χ3n) is 4.15. The summed E-state index contributed by atoms with van der Waals surface area (Å²) in [5.41, 5.74) is 1.37. The van der Waals surface area contributed by atoms with E-state index in [9.17, 15) is 4.79 Å². The number of hydrogen-bond donors (Lipinski definition) is 1. The van der Waals surface area contributed by atoms with Crippen molar-refractivity contribution in [3.05, 3.63) is 59.1 Å². The van der Waals surface area contributed by atoms with Gasteiger partial charge in [-0.05, 0) is 53.8 Å². The van der Waals surface area contributed by atoms with E-state index in [0.717, 1.165) is 5.75 Å². The molecule has 2 rings (SSSR count). The molecule has 2 aromatic carbocycles. The number of amides is 1. The van der Waals surface area contributed by atoms with Gasteiger partial charge in [0.05, 0.1) is 6.54 Å².